The van der Waals surface area contributed by atoms with Crippen LogP contribution < -0.4 is 5.32 Å². The SMILES string of the molecule is Cc1ncc(CNC2CCC(=O)N(C)C2)[nH]1. The van der Waals surface area contributed by atoms with E-state index in [1.54, 1.807) is 4.90 Å². The van der Waals surface area contributed by atoms with E-state index in [0.29, 0.717) is 12.5 Å². The van der Waals surface area contributed by atoms with E-state index < -0.39 is 0 Å². The second kappa shape index (κ2) is 4.65. The summed E-state index contributed by atoms with van der Waals surface area (Å²) in [5, 5.41) is 3.44. The van der Waals surface area contributed by atoms with E-state index in [-0.39, 0.29) is 5.91 Å². The van der Waals surface area contributed by atoms with Crippen LogP contribution in [0.1, 0.15) is 24.4 Å². The maximum absolute atomic E-state index is 11.3. The van der Waals surface area contributed by atoms with Gasteiger partial charge in [0.15, 0.2) is 0 Å². The number of H-pyrrole nitrogens is 1. The number of amides is 1. The van der Waals surface area contributed by atoms with Crippen LogP contribution in [0.3, 0.4) is 0 Å². The van der Waals surface area contributed by atoms with Gasteiger partial charge in [-0.25, -0.2) is 4.98 Å². The summed E-state index contributed by atoms with van der Waals surface area (Å²) in [5.41, 5.74) is 1.09. The number of piperidine rings is 1. The molecule has 1 atom stereocenters. The van der Waals surface area contributed by atoms with Gasteiger partial charge < -0.3 is 15.2 Å². The fourth-order valence-electron chi connectivity index (χ4n) is 1.99. The normalized spacial score (nSPS) is 21.5. The highest BCUT2D eigenvalue weighted by atomic mass is 16.2. The Balaban J connectivity index is 1.80. The Hall–Kier alpha value is -1.36. The summed E-state index contributed by atoms with van der Waals surface area (Å²) in [5.74, 6) is 1.18. The number of carbonyl (C=O) groups is 1. The van der Waals surface area contributed by atoms with Gasteiger partial charge in [0.05, 0.1) is 0 Å². The number of aromatic amines is 1. The van der Waals surface area contributed by atoms with Crippen molar-refractivity contribution >= 4 is 5.91 Å². The quantitative estimate of drug-likeness (QED) is 0.779. The molecule has 0 radical (unpaired) electrons. The van der Waals surface area contributed by atoms with Gasteiger partial charge >= 0.3 is 0 Å². The van der Waals surface area contributed by atoms with Crippen LogP contribution in [-0.2, 0) is 11.3 Å². The van der Waals surface area contributed by atoms with Crippen LogP contribution in [0.4, 0.5) is 0 Å². The number of hydrogen-bond donors (Lipinski definition) is 2. The molecule has 0 aromatic carbocycles. The molecule has 5 nitrogen and oxygen atoms in total. The topological polar surface area (TPSA) is 61.0 Å². The molecule has 16 heavy (non-hydrogen) atoms. The van der Waals surface area contributed by atoms with Crippen molar-refractivity contribution in [3.63, 3.8) is 0 Å². The first-order valence-electron chi connectivity index (χ1n) is 5.63. The van der Waals surface area contributed by atoms with Crippen molar-refractivity contribution in [1.82, 2.24) is 20.2 Å². The highest BCUT2D eigenvalue weighted by Gasteiger charge is 2.22. The monoisotopic (exact) mass is 222 g/mol. The van der Waals surface area contributed by atoms with Gasteiger partial charge in [0.2, 0.25) is 5.91 Å². The Labute approximate surface area is 95.2 Å². The maximum Gasteiger partial charge on any atom is 0.222 e. The second-order valence-electron chi connectivity index (χ2n) is 4.38. The van der Waals surface area contributed by atoms with Crippen LogP contribution >= 0.6 is 0 Å². The molecule has 2 heterocycles. The van der Waals surface area contributed by atoms with Gasteiger partial charge in [-0.05, 0) is 13.3 Å². The molecule has 88 valence electrons. The zero-order valence-corrected chi connectivity index (χ0v) is 9.79. The van der Waals surface area contributed by atoms with Crippen molar-refractivity contribution in [2.24, 2.45) is 0 Å². The number of likely N-dealkylation sites (tertiary alicyclic amines) is 1. The third kappa shape index (κ3) is 2.61. The Morgan fingerprint density at radius 3 is 3.12 bits per heavy atom. The largest absolute Gasteiger partial charge is 0.345 e. The minimum absolute atomic E-state index is 0.246. The zero-order valence-electron chi connectivity index (χ0n) is 9.79. The summed E-state index contributed by atoms with van der Waals surface area (Å²) < 4.78 is 0. The molecule has 1 fully saturated rings. The Morgan fingerprint density at radius 1 is 1.69 bits per heavy atom. The van der Waals surface area contributed by atoms with Crippen molar-refractivity contribution in [2.45, 2.75) is 32.4 Å². The minimum atomic E-state index is 0.246. The summed E-state index contributed by atoms with van der Waals surface area (Å²) in [7, 11) is 1.86. The molecule has 0 bridgehead atoms. The van der Waals surface area contributed by atoms with Crippen LogP contribution in [0.15, 0.2) is 6.20 Å². The Bertz CT molecular complexity index is 374. The first-order chi connectivity index (χ1) is 7.65. The molecule has 1 amide bonds. The summed E-state index contributed by atoms with van der Waals surface area (Å²) in [6, 6.07) is 0.395. The van der Waals surface area contributed by atoms with E-state index in [2.05, 4.69) is 15.3 Å². The predicted octanol–water partition coefficient (Wildman–Crippen LogP) is 0.429. The number of likely N-dealkylation sites (N-methyl/N-ethyl adjacent to an activating group) is 1. The van der Waals surface area contributed by atoms with Crippen molar-refractivity contribution in [3.8, 4) is 0 Å². The molecule has 1 aliphatic rings. The van der Waals surface area contributed by atoms with E-state index in [1.165, 1.54) is 0 Å². The summed E-state index contributed by atoms with van der Waals surface area (Å²) in [6.07, 6.45) is 3.42. The Morgan fingerprint density at radius 2 is 2.50 bits per heavy atom. The van der Waals surface area contributed by atoms with Gasteiger partial charge in [-0.3, -0.25) is 4.79 Å². The predicted molar refractivity (Wildman–Crippen MR) is 60.8 cm³/mol. The highest BCUT2D eigenvalue weighted by molar-refractivity contribution is 5.76. The first-order valence-corrected chi connectivity index (χ1v) is 5.63. The molecule has 0 aliphatic carbocycles. The molecule has 1 saturated heterocycles. The van der Waals surface area contributed by atoms with Crippen molar-refractivity contribution in [2.75, 3.05) is 13.6 Å². The molecular weight excluding hydrogens is 204 g/mol. The van der Waals surface area contributed by atoms with E-state index >= 15 is 0 Å². The second-order valence-corrected chi connectivity index (χ2v) is 4.38. The van der Waals surface area contributed by atoms with Gasteiger partial charge in [-0.2, -0.15) is 0 Å². The lowest BCUT2D eigenvalue weighted by molar-refractivity contribution is -0.132. The lowest BCUT2D eigenvalue weighted by atomic mass is 10.1. The molecule has 1 aromatic rings. The van der Waals surface area contributed by atoms with Crippen LogP contribution in [-0.4, -0.2) is 40.4 Å². The van der Waals surface area contributed by atoms with Crippen molar-refractivity contribution in [1.29, 1.82) is 0 Å². The average Bonchev–Trinajstić information content (AvgIpc) is 2.66. The van der Waals surface area contributed by atoms with E-state index in [0.717, 1.165) is 31.0 Å². The molecular formula is C11H18N4O. The van der Waals surface area contributed by atoms with E-state index in [4.69, 9.17) is 0 Å². The van der Waals surface area contributed by atoms with E-state index in [1.807, 2.05) is 20.2 Å². The minimum Gasteiger partial charge on any atom is -0.345 e. The number of carbonyl (C=O) groups excluding carboxylic acids is 1. The highest BCUT2D eigenvalue weighted by Crippen LogP contribution is 2.10. The fraction of sp³-hybridized carbons (Fsp3) is 0.636. The first kappa shape index (κ1) is 11.1. The molecule has 0 saturated carbocycles. The number of rotatable bonds is 3. The smallest absolute Gasteiger partial charge is 0.222 e. The zero-order chi connectivity index (χ0) is 11.5. The lowest BCUT2D eigenvalue weighted by Gasteiger charge is -2.30. The van der Waals surface area contributed by atoms with Crippen LogP contribution in [0.2, 0.25) is 0 Å². The maximum atomic E-state index is 11.3. The van der Waals surface area contributed by atoms with Crippen molar-refractivity contribution in [3.05, 3.63) is 17.7 Å². The lowest BCUT2D eigenvalue weighted by Crippen LogP contribution is -2.46. The van der Waals surface area contributed by atoms with Gasteiger partial charge in [-0.1, -0.05) is 0 Å². The average molecular weight is 222 g/mol. The van der Waals surface area contributed by atoms with Gasteiger partial charge in [0.25, 0.3) is 0 Å². The Kier molecular flexibility index (Phi) is 3.24. The van der Waals surface area contributed by atoms with E-state index in [9.17, 15) is 4.79 Å². The van der Waals surface area contributed by atoms with Crippen molar-refractivity contribution < 1.29 is 4.79 Å². The molecule has 1 unspecified atom stereocenters. The van der Waals surface area contributed by atoms with Gasteiger partial charge in [-0.15, -0.1) is 0 Å². The third-order valence-electron chi connectivity index (χ3n) is 2.96. The number of aryl methyl sites for hydroxylation is 1. The van der Waals surface area contributed by atoms with Crippen LogP contribution in [0.5, 0.6) is 0 Å². The molecule has 1 aromatic heterocycles. The summed E-state index contributed by atoms with van der Waals surface area (Å²) in [4.78, 5) is 20.4. The molecule has 0 spiro atoms. The summed E-state index contributed by atoms with van der Waals surface area (Å²) in [6.45, 7) is 3.52. The standard InChI is InChI=1S/C11H18N4O/c1-8-12-5-10(14-8)6-13-9-3-4-11(16)15(2)7-9/h5,9,13H,3-4,6-7H2,1-2H3,(H,12,14). The number of nitrogens with zero attached hydrogens (tertiary/aromatic N) is 2. The fourth-order valence-corrected chi connectivity index (χ4v) is 1.99. The van der Waals surface area contributed by atoms with Crippen LogP contribution in [0, 0.1) is 6.92 Å². The third-order valence-corrected chi connectivity index (χ3v) is 2.96. The number of imidazole rings is 1. The van der Waals surface area contributed by atoms with Crippen LogP contribution in [0.25, 0.3) is 0 Å². The van der Waals surface area contributed by atoms with Gasteiger partial charge in [0, 0.05) is 44.5 Å². The molecule has 2 rings (SSSR count). The summed E-state index contributed by atoms with van der Waals surface area (Å²) >= 11 is 0. The molecule has 1 aliphatic heterocycles. The molecule has 5 heteroatoms. The molecule has 2 N–H and O–H groups in total. The number of nitrogens with one attached hydrogen (secondary N) is 2. The number of hydrogen-bond acceptors (Lipinski definition) is 3. The van der Waals surface area contributed by atoms with Gasteiger partial charge in [0.1, 0.15) is 5.82 Å². The number of aromatic nitrogens is 2.